The maximum absolute atomic E-state index is 14.2. The Morgan fingerprint density at radius 3 is 2.53 bits per heavy atom. The molecule has 0 aromatic heterocycles. The number of hydrogen-bond donors (Lipinski definition) is 2. The number of carbonyl (C=O) groups excluding carboxylic acids is 1. The van der Waals surface area contributed by atoms with Crippen LogP contribution in [0.2, 0.25) is 0 Å². The van der Waals surface area contributed by atoms with Crippen LogP contribution >= 0.6 is 0 Å². The van der Waals surface area contributed by atoms with E-state index in [-0.39, 0.29) is 30.2 Å². The number of aliphatic carboxylic acids is 1. The molecule has 34 heavy (non-hydrogen) atoms. The average Bonchev–Trinajstić information content (AvgIpc) is 2.77. The van der Waals surface area contributed by atoms with Gasteiger partial charge in [-0.2, -0.15) is 13.2 Å². The van der Waals surface area contributed by atoms with Gasteiger partial charge in [0.05, 0.1) is 17.2 Å². The van der Waals surface area contributed by atoms with Gasteiger partial charge in [-0.1, -0.05) is 24.3 Å². The highest BCUT2D eigenvalue weighted by Gasteiger charge is 2.31. The van der Waals surface area contributed by atoms with Gasteiger partial charge in [0.15, 0.2) is 0 Å². The first kappa shape index (κ1) is 25.0. The molecule has 1 aliphatic rings. The number of alkyl halides is 3. The summed E-state index contributed by atoms with van der Waals surface area (Å²) in [6.45, 7) is 3.57. The summed E-state index contributed by atoms with van der Waals surface area (Å²) < 4.78 is 58.2. The second-order valence-electron chi connectivity index (χ2n) is 8.10. The van der Waals surface area contributed by atoms with Gasteiger partial charge < -0.3 is 15.2 Å². The molecule has 1 amide bonds. The molecule has 0 saturated carbocycles. The van der Waals surface area contributed by atoms with Crippen LogP contribution in [0.5, 0.6) is 5.75 Å². The molecule has 180 valence electrons. The summed E-state index contributed by atoms with van der Waals surface area (Å²) >= 11 is 0. The number of carbonyl (C=O) groups is 2. The van der Waals surface area contributed by atoms with Crippen molar-refractivity contribution in [1.82, 2.24) is 5.32 Å². The second kappa shape index (κ2) is 10.1. The monoisotopic (exact) mass is 477 g/mol. The first-order chi connectivity index (χ1) is 16.0. The molecule has 3 rings (SSSR count). The van der Waals surface area contributed by atoms with E-state index in [0.717, 1.165) is 11.6 Å². The molecule has 0 spiro atoms. The third-order valence-electron chi connectivity index (χ3n) is 5.21. The molecule has 0 saturated heterocycles. The predicted octanol–water partition coefficient (Wildman–Crippen LogP) is 5.62. The summed E-state index contributed by atoms with van der Waals surface area (Å²) in [6.07, 6.45) is 0.468. The lowest BCUT2D eigenvalue weighted by molar-refractivity contribution is -0.137. The van der Waals surface area contributed by atoms with E-state index in [0.29, 0.717) is 23.8 Å². The van der Waals surface area contributed by atoms with Crippen molar-refractivity contribution < 1.29 is 37.0 Å². The van der Waals surface area contributed by atoms with Gasteiger partial charge in [0.25, 0.3) is 5.91 Å². The topological polar surface area (TPSA) is 75.6 Å². The lowest BCUT2D eigenvalue weighted by Crippen LogP contribution is -2.25. The zero-order valence-corrected chi connectivity index (χ0v) is 18.4. The molecule has 2 aromatic rings. The molecule has 5 nitrogen and oxygen atoms in total. The summed E-state index contributed by atoms with van der Waals surface area (Å²) in [5, 5.41) is 11.8. The van der Waals surface area contributed by atoms with Crippen LogP contribution in [0.25, 0.3) is 0 Å². The van der Waals surface area contributed by atoms with Gasteiger partial charge >= 0.3 is 12.1 Å². The van der Waals surface area contributed by atoms with Crippen molar-refractivity contribution in [2.75, 3.05) is 0 Å². The molecule has 1 unspecified atom stereocenters. The number of carboxylic acids is 1. The quantitative estimate of drug-likeness (QED) is 0.508. The van der Waals surface area contributed by atoms with E-state index >= 15 is 0 Å². The first-order valence-corrected chi connectivity index (χ1v) is 10.5. The molecule has 1 aliphatic carbocycles. The lowest BCUT2D eigenvalue weighted by Gasteiger charge is -2.20. The van der Waals surface area contributed by atoms with E-state index in [4.69, 9.17) is 4.74 Å². The minimum absolute atomic E-state index is 0.0761. The highest BCUT2D eigenvalue weighted by atomic mass is 19.4. The molecule has 0 radical (unpaired) electrons. The molecule has 2 aromatic carbocycles. The smallest absolute Gasteiger partial charge is 0.416 e. The van der Waals surface area contributed by atoms with E-state index in [1.807, 2.05) is 19.9 Å². The Balaban J connectivity index is 1.81. The zero-order chi connectivity index (χ0) is 25.0. The molecule has 0 fully saturated rings. The summed E-state index contributed by atoms with van der Waals surface area (Å²) in [5.41, 5.74) is -0.0716. The van der Waals surface area contributed by atoms with Crippen LogP contribution in [-0.4, -0.2) is 23.1 Å². The summed E-state index contributed by atoms with van der Waals surface area (Å²) in [6, 6.07) is 7.00. The maximum Gasteiger partial charge on any atom is 0.416 e. The fourth-order valence-electron chi connectivity index (χ4n) is 3.55. The van der Waals surface area contributed by atoms with Gasteiger partial charge in [0.1, 0.15) is 11.6 Å². The Morgan fingerprint density at radius 2 is 1.91 bits per heavy atom. The third-order valence-corrected chi connectivity index (χ3v) is 5.21. The van der Waals surface area contributed by atoms with Crippen LogP contribution in [-0.2, 0) is 17.5 Å². The number of benzene rings is 2. The number of halogens is 4. The fourth-order valence-corrected chi connectivity index (χ4v) is 3.55. The number of nitrogens with one attached hydrogen (secondary N) is 1. The first-order valence-electron chi connectivity index (χ1n) is 10.5. The van der Waals surface area contributed by atoms with Crippen LogP contribution in [0.3, 0.4) is 0 Å². The summed E-state index contributed by atoms with van der Waals surface area (Å²) in [4.78, 5) is 23.8. The molecular weight excluding hydrogens is 454 g/mol. The highest BCUT2D eigenvalue weighted by molar-refractivity contribution is 5.94. The summed E-state index contributed by atoms with van der Waals surface area (Å²) in [7, 11) is 0. The van der Waals surface area contributed by atoms with Crippen LogP contribution in [0.4, 0.5) is 17.6 Å². The van der Waals surface area contributed by atoms with E-state index in [9.17, 15) is 32.3 Å². The van der Waals surface area contributed by atoms with Gasteiger partial charge in [-0.05, 0) is 56.2 Å². The second-order valence-corrected chi connectivity index (χ2v) is 8.10. The number of allylic oxidation sites excluding steroid dienone is 3. The van der Waals surface area contributed by atoms with Gasteiger partial charge in [-0.15, -0.1) is 0 Å². The number of rotatable bonds is 7. The third kappa shape index (κ3) is 6.03. The van der Waals surface area contributed by atoms with Crippen molar-refractivity contribution in [1.29, 1.82) is 0 Å². The minimum atomic E-state index is -4.72. The predicted molar refractivity (Wildman–Crippen MR) is 117 cm³/mol. The van der Waals surface area contributed by atoms with Crippen molar-refractivity contribution in [2.45, 2.75) is 45.0 Å². The standard InChI is InChI=1S/C25H23F4NO4/c1-14(2)34-22-9-6-16(15-4-3-5-17(10-15)24(32)33)11-18(22)13-30-23(31)20-8-7-19(12-21(20)26)25(27,28)29/h3-9,11-12,14-15H,10,13H2,1-2H3,(H,30,31)(H,32,33). The molecule has 0 heterocycles. The fraction of sp³-hybridized carbons (Fsp3) is 0.280. The van der Waals surface area contributed by atoms with Crippen LogP contribution in [0, 0.1) is 5.82 Å². The lowest BCUT2D eigenvalue weighted by atomic mass is 9.87. The van der Waals surface area contributed by atoms with Crippen molar-refractivity contribution in [3.63, 3.8) is 0 Å². The minimum Gasteiger partial charge on any atom is -0.491 e. The van der Waals surface area contributed by atoms with Gasteiger partial charge in [0, 0.05) is 23.6 Å². The molecule has 0 bridgehead atoms. The van der Waals surface area contributed by atoms with Crippen LogP contribution < -0.4 is 10.1 Å². The Morgan fingerprint density at radius 1 is 1.18 bits per heavy atom. The highest BCUT2D eigenvalue weighted by Crippen LogP contribution is 2.33. The Labute approximate surface area is 193 Å². The SMILES string of the molecule is CC(C)Oc1ccc(C2C=CC=C(C(=O)O)C2)cc1CNC(=O)c1ccc(C(F)(F)F)cc1F. The van der Waals surface area contributed by atoms with Gasteiger partial charge in [0.2, 0.25) is 0 Å². The Hall–Kier alpha value is -3.62. The molecule has 1 atom stereocenters. The molecule has 2 N–H and O–H groups in total. The van der Waals surface area contributed by atoms with Crippen molar-refractivity contribution >= 4 is 11.9 Å². The Kier molecular flexibility index (Phi) is 7.44. The van der Waals surface area contributed by atoms with E-state index < -0.39 is 35.0 Å². The number of hydrogen-bond acceptors (Lipinski definition) is 3. The summed E-state index contributed by atoms with van der Waals surface area (Å²) in [5.74, 6) is -2.88. The number of ether oxygens (including phenoxy) is 1. The van der Waals surface area contributed by atoms with Crippen molar-refractivity contribution in [2.24, 2.45) is 0 Å². The normalized spacial score (nSPS) is 15.7. The van der Waals surface area contributed by atoms with Crippen molar-refractivity contribution in [3.8, 4) is 5.75 Å². The van der Waals surface area contributed by atoms with Crippen LogP contribution in [0.1, 0.15) is 53.2 Å². The molecule has 0 aliphatic heterocycles. The number of carboxylic acid groups (broad SMARTS) is 1. The molecule has 9 heteroatoms. The Bertz CT molecular complexity index is 1150. The number of amides is 1. The average molecular weight is 477 g/mol. The molecular formula is C25H23F4NO4. The van der Waals surface area contributed by atoms with E-state index in [1.54, 1.807) is 24.3 Å². The van der Waals surface area contributed by atoms with Gasteiger partial charge in [-0.3, -0.25) is 4.79 Å². The zero-order valence-electron chi connectivity index (χ0n) is 18.4. The largest absolute Gasteiger partial charge is 0.491 e. The van der Waals surface area contributed by atoms with Gasteiger partial charge in [-0.25, -0.2) is 9.18 Å². The van der Waals surface area contributed by atoms with E-state index in [1.165, 1.54) is 6.08 Å². The van der Waals surface area contributed by atoms with E-state index in [2.05, 4.69) is 5.32 Å². The van der Waals surface area contributed by atoms with Crippen LogP contribution in [0.15, 0.2) is 60.2 Å². The maximum atomic E-state index is 14.2. The van der Waals surface area contributed by atoms with Crippen molar-refractivity contribution in [3.05, 3.63) is 88.3 Å².